The van der Waals surface area contributed by atoms with Gasteiger partial charge in [0.25, 0.3) is 11.8 Å². The number of carboxylic acids is 1. The lowest BCUT2D eigenvalue weighted by atomic mass is 10.1. The average molecular weight is 393 g/mol. The molecule has 0 aliphatic carbocycles. The molecular weight excluding hydrogens is 385 g/mol. The Hall–Kier alpha value is -2.22. The van der Waals surface area contributed by atoms with Crippen molar-refractivity contribution in [3.8, 4) is 0 Å². The fraction of sp³-hybridized carbons (Fsp3) is 0. The molecule has 0 spiro atoms. The molecule has 2 aromatic carbocycles. The van der Waals surface area contributed by atoms with E-state index in [0.717, 1.165) is 8.47 Å². The molecular formula is C15H8INO4. The van der Waals surface area contributed by atoms with Crippen molar-refractivity contribution in [3.63, 3.8) is 0 Å². The molecule has 21 heavy (non-hydrogen) atoms. The number of imide groups is 1. The minimum atomic E-state index is -1.06. The zero-order valence-corrected chi connectivity index (χ0v) is 12.7. The number of carbonyl (C=O) groups excluding carboxylic acids is 2. The van der Waals surface area contributed by atoms with Crippen LogP contribution in [0.25, 0.3) is 0 Å². The number of carbonyl (C=O) groups is 3. The molecule has 1 N–H and O–H groups in total. The van der Waals surface area contributed by atoms with Crippen LogP contribution < -0.4 is 4.90 Å². The van der Waals surface area contributed by atoms with Crippen molar-refractivity contribution >= 4 is 46.1 Å². The second kappa shape index (κ2) is 4.96. The normalized spacial score (nSPS) is 13.5. The predicted octanol–water partition coefficient (Wildman–Crippen LogP) is 2.79. The summed E-state index contributed by atoms with van der Waals surface area (Å²) in [5.74, 6) is -1.84. The van der Waals surface area contributed by atoms with E-state index in [2.05, 4.69) is 22.6 Å². The van der Waals surface area contributed by atoms with Crippen LogP contribution in [0.3, 0.4) is 0 Å². The topological polar surface area (TPSA) is 74.7 Å². The van der Waals surface area contributed by atoms with Crippen molar-refractivity contribution < 1.29 is 19.5 Å². The highest BCUT2D eigenvalue weighted by Crippen LogP contribution is 2.29. The Balaban J connectivity index is 2.03. The highest BCUT2D eigenvalue weighted by Gasteiger charge is 2.36. The molecule has 0 atom stereocenters. The van der Waals surface area contributed by atoms with E-state index in [0.29, 0.717) is 16.8 Å². The SMILES string of the molecule is O=C(O)c1ccc(N2C(=O)c3ccc(I)cc3C2=O)cc1. The first-order valence-electron chi connectivity index (χ1n) is 6.01. The van der Waals surface area contributed by atoms with Gasteiger partial charge in [0.05, 0.1) is 22.4 Å². The number of amides is 2. The third-order valence-electron chi connectivity index (χ3n) is 3.22. The van der Waals surface area contributed by atoms with Crippen LogP contribution in [-0.2, 0) is 0 Å². The molecule has 104 valence electrons. The summed E-state index contributed by atoms with van der Waals surface area (Å²) in [5.41, 5.74) is 1.20. The number of hydrogen-bond acceptors (Lipinski definition) is 3. The predicted molar refractivity (Wildman–Crippen MR) is 83.7 cm³/mol. The Bertz CT molecular complexity index is 783. The fourth-order valence-electron chi connectivity index (χ4n) is 2.20. The number of nitrogens with zero attached hydrogens (tertiary/aromatic N) is 1. The largest absolute Gasteiger partial charge is 0.478 e. The van der Waals surface area contributed by atoms with E-state index in [4.69, 9.17) is 5.11 Å². The van der Waals surface area contributed by atoms with E-state index in [-0.39, 0.29) is 5.56 Å². The van der Waals surface area contributed by atoms with E-state index >= 15 is 0 Å². The molecule has 1 aliphatic rings. The highest BCUT2D eigenvalue weighted by atomic mass is 127. The minimum Gasteiger partial charge on any atom is -0.478 e. The maximum Gasteiger partial charge on any atom is 0.335 e. The van der Waals surface area contributed by atoms with Crippen molar-refractivity contribution in [1.29, 1.82) is 0 Å². The van der Waals surface area contributed by atoms with Crippen molar-refractivity contribution in [2.24, 2.45) is 0 Å². The van der Waals surface area contributed by atoms with Gasteiger partial charge in [-0.05, 0) is 65.1 Å². The molecule has 0 saturated heterocycles. The van der Waals surface area contributed by atoms with Gasteiger partial charge in [0.1, 0.15) is 0 Å². The summed E-state index contributed by atoms with van der Waals surface area (Å²) in [7, 11) is 0. The first kappa shape index (κ1) is 13.7. The summed E-state index contributed by atoms with van der Waals surface area (Å²) >= 11 is 2.08. The molecule has 0 unspecified atom stereocenters. The van der Waals surface area contributed by atoms with Gasteiger partial charge >= 0.3 is 5.97 Å². The van der Waals surface area contributed by atoms with Crippen LogP contribution in [-0.4, -0.2) is 22.9 Å². The Morgan fingerprint density at radius 3 is 2.19 bits per heavy atom. The van der Waals surface area contributed by atoms with E-state index in [1.54, 1.807) is 18.2 Å². The molecule has 0 saturated carbocycles. The summed E-state index contributed by atoms with van der Waals surface area (Å²) < 4.78 is 0.871. The smallest absolute Gasteiger partial charge is 0.335 e. The summed E-state index contributed by atoms with van der Waals surface area (Å²) in [6, 6.07) is 10.7. The van der Waals surface area contributed by atoms with Crippen LogP contribution in [0.15, 0.2) is 42.5 Å². The Morgan fingerprint density at radius 1 is 0.952 bits per heavy atom. The minimum absolute atomic E-state index is 0.102. The number of benzene rings is 2. The number of halogens is 1. The molecule has 0 fully saturated rings. The summed E-state index contributed by atoms with van der Waals surface area (Å²) in [5, 5.41) is 8.87. The second-order valence-electron chi connectivity index (χ2n) is 4.49. The number of fused-ring (bicyclic) bond motifs is 1. The number of hydrogen-bond donors (Lipinski definition) is 1. The van der Waals surface area contributed by atoms with Crippen molar-refractivity contribution in [1.82, 2.24) is 0 Å². The van der Waals surface area contributed by atoms with Gasteiger partial charge in [0.15, 0.2) is 0 Å². The number of aromatic carboxylic acids is 1. The van der Waals surface area contributed by atoms with Crippen molar-refractivity contribution in [2.45, 2.75) is 0 Å². The van der Waals surface area contributed by atoms with Gasteiger partial charge in [-0.1, -0.05) is 0 Å². The van der Waals surface area contributed by atoms with Crippen molar-refractivity contribution in [2.75, 3.05) is 4.90 Å². The van der Waals surface area contributed by atoms with Crippen LogP contribution in [0.1, 0.15) is 31.1 Å². The highest BCUT2D eigenvalue weighted by molar-refractivity contribution is 14.1. The van der Waals surface area contributed by atoms with Gasteiger partial charge in [-0.2, -0.15) is 0 Å². The van der Waals surface area contributed by atoms with Crippen LogP contribution in [0.2, 0.25) is 0 Å². The quantitative estimate of drug-likeness (QED) is 0.629. The average Bonchev–Trinajstić information content (AvgIpc) is 2.70. The summed E-state index contributed by atoms with van der Waals surface area (Å²) in [6.45, 7) is 0. The lowest BCUT2D eigenvalue weighted by Crippen LogP contribution is -2.29. The lowest BCUT2D eigenvalue weighted by molar-refractivity contribution is 0.0696. The monoisotopic (exact) mass is 393 g/mol. The van der Waals surface area contributed by atoms with Gasteiger partial charge < -0.3 is 5.11 Å². The van der Waals surface area contributed by atoms with Crippen molar-refractivity contribution in [3.05, 3.63) is 62.7 Å². The number of carboxylic acid groups (broad SMARTS) is 1. The molecule has 2 amide bonds. The summed E-state index contributed by atoms with van der Waals surface area (Å²) in [4.78, 5) is 36.6. The molecule has 1 heterocycles. The zero-order valence-electron chi connectivity index (χ0n) is 10.5. The fourth-order valence-corrected chi connectivity index (χ4v) is 2.69. The molecule has 0 radical (unpaired) electrons. The van der Waals surface area contributed by atoms with Crippen LogP contribution in [0, 0.1) is 3.57 Å². The first-order valence-corrected chi connectivity index (χ1v) is 7.08. The van der Waals surface area contributed by atoms with Gasteiger partial charge in [-0.25, -0.2) is 9.69 Å². The third kappa shape index (κ3) is 2.21. The molecule has 2 aromatic rings. The van der Waals surface area contributed by atoms with Gasteiger partial charge in [0.2, 0.25) is 0 Å². The molecule has 3 rings (SSSR count). The summed E-state index contributed by atoms with van der Waals surface area (Å²) in [6.07, 6.45) is 0. The Kier molecular flexibility index (Phi) is 3.25. The maximum atomic E-state index is 12.4. The standard InChI is InChI=1S/C15H8INO4/c16-9-3-6-11-12(7-9)14(19)17(13(11)18)10-4-1-8(2-5-10)15(20)21/h1-7H,(H,20,21). The Morgan fingerprint density at radius 2 is 1.57 bits per heavy atom. The van der Waals surface area contributed by atoms with Crippen LogP contribution >= 0.6 is 22.6 Å². The second-order valence-corrected chi connectivity index (χ2v) is 5.73. The van der Waals surface area contributed by atoms with Gasteiger partial charge in [0, 0.05) is 3.57 Å². The van der Waals surface area contributed by atoms with E-state index < -0.39 is 17.8 Å². The molecule has 1 aliphatic heterocycles. The zero-order chi connectivity index (χ0) is 15.1. The number of rotatable bonds is 2. The van der Waals surface area contributed by atoms with Gasteiger partial charge in [-0.15, -0.1) is 0 Å². The van der Waals surface area contributed by atoms with Crippen LogP contribution in [0.5, 0.6) is 0 Å². The first-order chi connectivity index (χ1) is 9.99. The molecule has 0 bridgehead atoms. The Labute approximate surface area is 133 Å². The molecule has 5 nitrogen and oxygen atoms in total. The lowest BCUT2D eigenvalue weighted by Gasteiger charge is -2.13. The van der Waals surface area contributed by atoms with Crippen LogP contribution in [0.4, 0.5) is 5.69 Å². The van der Waals surface area contributed by atoms with Gasteiger partial charge in [-0.3, -0.25) is 9.59 Å². The third-order valence-corrected chi connectivity index (χ3v) is 3.89. The number of anilines is 1. The molecule has 0 aromatic heterocycles. The maximum absolute atomic E-state index is 12.4. The van der Waals surface area contributed by atoms with E-state index in [9.17, 15) is 14.4 Å². The van der Waals surface area contributed by atoms with E-state index in [1.807, 2.05) is 0 Å². The molecule has 6 heteroatoms. The van der Waals surface area contributed by atoms with E-state index in [1.165, 1.54) is 24.3 Å².